The van der Waals surface area contributed by atoms with Gasteiger partial charge in [0.2, 0.25) is 0 Å². The summed E-state index contributed by atoms with van der Waals surface area (Å²) >= 11 is 0. The van der Waals surface area contributed by atoms with Crippen LogP contribution in [0.2, 0.25) is 0 Å². The van der Waals surface area contributed by atoms with Crippen LogP contribution in [0.4, 0.5) is 0 Å². The van der Waals surface area contributed by atoms with Crippen LogP contribution in [0.3, 0.4) is 0 Å². The molecule has 0 saturated heterocycles. The van der Waals surface area contributed by atoms with E-state index >= 15 is 0 Å². The summed E-state index contributed by atoms with van der Waals surface area (Å²) in [5, 5.41) is 21.3. The molecule has 0 amide bonds. The van der Waals surface area contributed by atoms with E-state index in [1.807, 2.05) is 6.92 Å². The van der Waals surface area contributed by atoms with Gasteiger partial charge in [-0.25, -0.2) is 0 Å². The van der Waals surface area contributed by atoms with E-state index in [2.05, 4.69) is 21.0 Å². The summed E-state index contributed by atoms with van der Waals surface area (Å²) in [6.07, 6.45) is 22.6. The van der Waals surface area contributed by atoms with Crippen molar-refractivity contribution in [3.05, 3.63) is 0 Å². The second kappa shape index (κ2) is 18.9. The minimum absolute atomic E-state index is 0.157. The second-order valence-corrected chi connectivity index (χ2v) is 10.8. The third-order valence-corrected chi connectivity index (χ3v) is 6.48. The summed E-state index contributed by atoms with van der Waals surface area (Å²) in [5.41, 5.74) is -0.619. The number of aliphatic carboxylic acids is 1. The number of hydrogen-bond acceptors (Lipinski definition) is 3. The number of nitrogens with zero attached hydrogens (tertiary/aromatic N) is 1. The summed E-state index contributed by atoms with van der Waals surface area (Å²) in [5.74, 6) is -0.954. The molecular weight excluding hydrogens is 386 g/mol. The molecule has 0 heterocycles. The highest BCUT2D eigenvalue weighted by Crippen LogP contribution is 2.20. The first-order chi connectivity index (χ1) is 14.7. The average molecular weight is 442 g/mol. The van der Waals surface area contributed by atoms with E-state index in [9.17, 15) is 15.0 Å². The van der Waals surface area contributed by atoms with Crippen molar-refractivity contribution in [1.29, 1.82) is 0 Å². The van der Waals surface area contributed by atoms with Crippen molar-refractivity contribution in [3.63, 3.8) is 0 Å². The van der Waals surface area contributed by atoms with Gasteiger partial charge in [-0.15, -0.1) is 0 Å². The zero-order valence-corrected chi connectivity index (χ0v) is 21.6. The predicted octanol–water partition coefficient (Wildman–Crippen LogP) is 6.00. The maximum Gasteiger partial charge on any atom is 0.111 e. The number of carboxylic acid groups (broad SMARTS) is 1. The van der Waals surface area contributed by atoms with Crippen molar-refractivity contribution >= 4 is 5.97 Å². The topological polar surface area (TPSA) is 60.4 Å². The Hall–Kier alpha value is -0.610. The Morgan fingerprint density at radius 1 is 0.742 bits per heavy atom. The Morgan fingerprint density at radius 3 is 1.61 bits per heavy atom. The first-order valence-corrected chi connectivity index (χ1v) is 13.4. The van der Waals surface area contributed by atoms with E-state index in [1.165, 1.54) is 83.5 Å². The second-order valence-electron chi connectivity index (χ2n) is 10.8. The van der Waals surface area contributed by atoms with Gasteiger partial charge < -0.3 is 19.5 Å². The maximum absolute atomic E-state index is 10.8. The number of unbranched alkanes of at least 4 members (excludes halogenated alkanes) is 15. The molecule has 0 aliphatic rings. The number of aliphatic hydroxyl groups is 1. The monoisotopic (exact) mass is 441 g/mol. The molecule has 186 valence electrons. The molecule has 0 aliphatic heterocycles. The molecule has 4 heteroatoms. The van der Waals surface area contributed by atoms with Gasteiger partial charge in [0.15, 0.2) is 0 Å². The Morgan fingerprint density at radius 2 is 1.16 bits per heavy atom. The van der Waals surface area contributed by atoms with Crippen molar-refractivity contribution in [3.8, 4) is 0 Å². The van der Waals surface area contributed by atoms with E-state index in [4.69, 9.17) is 0 Å². The van der Waals surface area contributed by atoms with E-state index in [1.54, 1.807) is 0 Å². The van der Waals surface area contributed by atoms with Gasteiger partial charge in [-0.1, -0.05) is 96.8 Å². The van der Waals surface area contributed by atoms with Crippen LogP contribution in [0.1, 0.15) is 136 Å². The van der Waals surface area contributed by atoms with Crippen LogP contribution >= 0.6 is 0 Å². The Balaban J connectivity index is 3.60. The molecule has 1 N–H and O–H groups in total. The normalized spacial score (nSPS) is 14.0. The summed E-state index contributed by atoms with van der Waals surface area (Å²) in [6.45, 7) is 5.98. The number of hydrogen-bond donors (Lipinski definition) is 1. The summed E-state index contributed by atoms with van der Waals surface area (Å²) in [4.78, 5) is 10.5. The van der Waals surface area contributed by atoms with Crippen molar-refractivity contribution in [2.45, 2.75) is 141 Å². The number of rotatable bonds is 23. The zero-order valence-electron chi connectivity index (χ0n) is 21.6. The van der Waals surface area contributed by atoms with Gasteiger partial charge in [-0.05, 0) is 39.0 Å². The molecule has 0 aromatic heterocycles. The van der Waals surface area contributed by atoms with Crippen molar-refractivity contribution in [2.75, 3.05) is 27.2 Å². The average Bonchev–Trinajstić information content (AvgIpc) is 2.66. The van der Waals surface area contributed by atoms with Crippen LogP contribution < -0.4 is 5.11 Å². The highest BCUT2D eigenvalue weighted by Gasteiger charge is 2.29. The lowest BCUT2D eigenvalue weighted by Crippen LogP contribution is -2.50. The third kappa shape index (κ3) is 22.4. The predicted molar refractivity (Wildman–Crippen MR) is 131 cm³/mol. The molecule has 0 aromatic rings. The fourth-order valence-corrected chi connectivity index (χ4v) is 4.77. The van der Waals surface area contributed by atoms with Crippen molar-refractivity contribution < 1.29 is 19.5 Å². The van der Waals surface area contributed by atoms with Crippen LogP contribution in [0, 0.1) is 0 Å². The lowest BCUT2D eigenvalue weighted by atomic mass is 9.96. The molecule has 0 rings (SSSR count). The molecule has 0 spiro atoms. The molecule has 31 heavy (non-hydrogen) atoms. The minimum atomic E-state index is -0.954. The van der Waals surface area contributed by atoms with Crippen LogP contribution in [0.15, 0.2) is 0 Å². The molecule has 0 bridgehead atoms. The highest BCUT2D eigenvalue weighted by molar-refractivity contribution is 5.64. The van der Waals surface area contributed by atoms with E-state index in [0.717, 1.165) is 43.3 Å². The third-order valence-electron chi connectivity index (χ3n) is 6.48. The van der Waals surface area contributed by atoms with Gasteiger partial charge in [0.1, 0.15) is 12.1 Å². The molecule has 0 aromatic carbocycles. The fraction of sp³-hybridized carbons (Fsp3) is 0.963. The lowest BCUT2D eigenvalue weighted by Gasteiger charge is -2.36. The van der Waals surface area contributed by atoms with Gasteiger partial charge in [0.05, 0.1) is 20.6 Å². The molecular formula is C27H55NO3. The number of quaternary nitrogens is 1. The highest BCUT2D eigenvalue weighted by atomic mass is 16.4. The summed E-state index contributed by atoms with van der Waals surface area (Å²) in [6, 6.07) is 0. The quantitative estimate of drug-likeness (QED) is 0.156. The molecule has 4 nitrogen and oxygen atoms in total. The Labute approximate surface area is 194 Å². The van der Waals surface area contributed by atoms with Crippen LogP contribution in [0.5, 0.6) is 0 Å². The number of carboxylic acids is 1. The van der Waals surface area contributed by atoms with Gasteiger partial charge in [-0.2, -0.15) is 0 Å². The fourth-order valence-electron chi connectivity index (χ4n) is 4.77. The van der Waals surface area contributed by atoms with E-state index in [-0.39, 0.29) is 6.42 Å². The molecule has 0 saturated carbocycles. The van der Waals surface area contributed by atoms with Crippen LogP contribution in [-0.2, 0) is 4.79 Å². The molecule has 1 unspecified atom stereocenters. The van der Waals surface area contributed by atoms with Crippen LogP contribution in [-0.4, -0.2) is 48.3 Å². The summed E-state index contributed by atoms with van der Waals surface area (Å²) in [7, 11) is 4.33. The SMILES string of the molecule is CCCCCCCCCCCCCCCCC(C)(O)C[N+](C)(C)CCCCCC(=O)[O-]. The van der Waals surface area contributed by atoms with E-state index in [0.29, 0.717) is 6.42 Å². The molecule has 1 atom stereocenters. The first-order valence-electron chi connectivity index (χ1n) is 13.4. The smallest absolute Gasteiger partial charge is 0.111 e. The van der Waals surface area contributed by atoms with Gasteiger partial charge in [0, 0.05) is 5.97 Å². The van der Waals surface area contributed by atoms with E-state index < -0.39 is 11.6 Å². The zero-order chi connectivity index (χ0) is 23.4. The number of likely N-dealkylation sites (N-methyl/N-ethyl adjacent to an activating group) is 1. The van der Waals surface area contributed by atoms with Gasteiger partial charge in [-0.3, -0.25) is 0 Å². The van der Waals surface area contributed by atoms with Gasteiger partial charge >= 0.3 is 0 Å². The summed E-state index contributed by atoms with van der Waals surface area (Å²) < 4.78 is 0.789. The van der Waals surface area contributed by atoms with Crippen LogP contribution in [0.25, 0.3) is 0 Å². The van der Waals surface area contributed by atoms with Crippen molar-refractivity contribution in [2.24, 2.45) is 0 Å². The number of carbonyl (C=O) groups is 1. The molecule has 0 aliphatic carbocycles. The minimum Gasteiger partial charge on any atom is -0.550 e. The van der Waals surface area contributed by atoms with Gasteiger partial charge in [0.25, 0.3) is 0 Å². The molecule has 0 radical (unpaired) electrons. The standard InChI is InChI=1S/C27H55NO3/c1-5-6-7-8-9-10-11-12-13-14-15-16-17-20-23-27(2,31)25-28(3,4)24-21-18-19-22-26(29)30/h31H,5-25H2,1-4H3. The first kappa shape index (κ1) is 30.4. The van der Waals surface area contributed by atoms with Crippen molar-refractivity contribution in [1.82, 2.24) is 0 Å². The largest absolute Gasteiger partial charge is 0.550 e. The Bertz CT molecular complexity index is 421. The Kier molecular flexibility index (Phi) is 18.5. The number of carbonyl (C=O) groups excluding carboxylic acids is 1. The lowest BCUT2D eigenvalue weighted by molar-refractivity contribution is -0.896. The molecule has 0 fully saturated rings. The maximum atomic E-state index is 10.8.